The van der Waals surface area contributed by atoms with Gasteiger partial charge in [-0.25, -0.2) is 12.8 Å². The third-order valence-corrected chi connectivity index (χ3v) is 5.21. The van der Waals surface area contributed by atoms with E-state index in [2.05, 4.69) is 5.32 Å². The van der Waals surface area contributed by atoms with E-state index in [-0.39, 0.29) is 23.9 Å². The number of carbonyl (C=O) groups is 1. The fraction of sp³-hybridized carbons (Fsp3) is 0.278. The Balaban J connectivity index is 2.00. The zero-order valence-electron chi connectivity index (χ0n) is 14.9. The number of nitrogens with zero attached hydrogens (tertiary/aromatic N) is 1. The van der Waals surface area contributed by atoms with E-state index in [4.69, 9.17) is 16.3 Å². The van der Waals surface area contributed by atoms with Crippen molar-refractivity contribution in [3.05, 3.63) is 53.3 Å². The molecule has 0 atom stereocenters. The maximum Gasteiger partial charge on any atom is 0.232 e. The van der Waals surface area contributed by atoms with Gasteiger partial charge in [0.2, 0.25) is 15.9 Å². The van der Waals surface area contributed by atoms with Gasteiger partial charge in [-0.05, 0) is 48.9 Å². The quantitative estimate of drug-likeness (QED) is 0.715. The predicted octanol–water partition coefficient (Wildman–Crippen LogP) is 3.67. The summed E-state index contributed by atoms with van der Waals surface area (Å²) in [5.41, 5.74) is 0.866. The molecule has 0 saturated carbocycles. The average molecular weight is 415 g/mol. The highest BCUT2D eigenvalue weighted by Crippen LogP contribution is 2.30. The molecule has 0 spiro atoms. The van der Waals surface area contributed by atoms with Crippen molar-refractivity contribution in [2.45, 2.75) is 12.8 Å². The van der Waals surface area contributed by atoms with Crippen molar-refractivity contribution in [1.82, 2.24) is 0 Å². The van der Waals surface area contributed by atoms with Crippen molar-refractivity contribution in [2.75, 3.05) is 29.5 Å². The normalized spacial score (nSPS) is 11.1. The smallest absolute Gasteiger partial charge is 0.232 e. The van der Waals surface area contributed by atoms with Gasteiger partial charge in [0.1, 0.15) is 11.6 Å². The Bertz CT molecular complexity index is 904. The maximum absolute atomic E-state index is 12.9. The van der Waals surface area contributed by atoms with Gasteiger partial charge in [-0.1, -0.05) is 11.6 Å². The second-order valence-corrected chi connectivity index (χ2v) is 8.13. The number of halogens is 2. The van der Waals surface area contributed by atoms with Crippen LogP contribution in [-0.4, -0.2) is 34.2 Å². The molecule has 2 aromatic carbocycles. The van der Waals surface area contributed by atoms with Gasteiger partial charge in [-0.3, -0.25) is 9.10 Å². The van der Waals surface area contributed by atoms with Crippen molar-refractivity contribution < 1.29 is 22.3 Å². The van der Waals surface area contributed by atoms with Crippen molar-refractivity contribution >= 4 is 38.9 Å². The zero-order chi connectivity index (χ0) is 20.0. The highest BCUT2D eigenvalue weighted by Gasteiger charge is 2.19. The second-order valence-electron chi connectivity index (χ2n) is 5.81. The number of amides is 1. The van der Waals surface area contributed by atoms with Crippen LogP contribution in [0.5, 0.6) is 5.75 Å². The summed E-state index contributed by atoms with van der Waals surface area (Å²) in [6.07, 6.45) is 1.49. The molecule has 0 fully saturated rings. The number of ether oxygens (including phenoxy) is 1. The number of rotatable bonds is 8. The summed E-state index contributed by atoms with van der Waals surface area (Å²) in [7, 11) is -2.09. The minimum Gasteiger partial charge on any atom is -0.495 e. The minimum absolute atomic E-state index is 0.104. The summed E-state index contributed by atoms with van der Waals surface area (Å²) >= 11 is 6.07. The molecule has 6 nitrogen and oxygen atoms in total. The number of nitrogens with one attached hydrogen (secondary N) is 1. The molecule has 0 aliphatic heterocycles. The SMILES string of the molecule is COc1ccc(N(CCCC(=O)Nc2ccc(F)cc2)S(C)(=O)=O)cc1Cl. The summed E-state index contributed by atoms with van der Waals surface area (Å²) in [5, 5.41) is 2.92. The van der Waals surface area contributed by atoms with E-state index in [1.165, 1.54) is 41.7 Å². The Labute approximate surface area is 162 Å². The number of hydrogen-bond donors (Lipinski definition) is 1. The summed E-state index contributed by atoms with van der Waals surface area (Å²) < 4.78 is 43.3. The van der Waals surface area contributed by atoms with Gasteiger partial charge >= 0.3 is 0 Å². The fourth-order valence-electron chi connectivity index (χ4n) is 2.44. The molecular weight excluding hydrogens is 395 g/mol. The molecule has 27 heavy (non-hydrogen) atoms. The number of anilines is 2. The number of hydrogen-bond acceptors (Lipinski definition) is 4. The maximum atomic E-state index is 12.9. The van der Waals surface area contributed by atoms with E-state index in [0.29, 0.717) is 23.5 Å². The summed E-state index contributed by atoms with van der Waals surface area (Å²) in [4.78, 5) is 12.0. The van der Waals surface area contributed by atoms with E-state index in [0.717, 1.165) is 6.26 Å². The summed E-state index contributed by atoms with van der Waals surface area (Å²) in [6, 6.07) is 10.1. The first-order valence-corrected chi connectivity index (χ1v) is 10.3. The van der Waals surface area contributed by atoms with Gasteiger partial charge in [0.05, 0.1) is 24.1 Å². The number of carbonyl (C=O) groups excluding carboxylic acids is 1. The summed E-state index contributed by atoms with van der Waals surface area (Å²) in [6.45, 7) is 0.109. The number of benzene rings is 2. The monoisotopic (exact) mass is 414 g/mol. The van der Waals surface area contributed by atoms with E-state index in [1.54, 1.807) is 12.1 Å². The van der Waals surface area contributed by atoms with Crippen LogP contribution in [0.3, 0.4) is 0 Å². The molecule has 0 heterocycles. The fourth-order valence-corrected chi connectivity index (χ4v) is 3.65. The molecule has 0 aliphatic rings. The second kappa shape index (κ2) is 9.05. The minimum atomic E-state index is -3.56. The van der Waals surface area contributed by atoms with Crippen LogP contribution in [0.25, 0.3) is 0 Å². The van der Waals surface area contributed by atoms with Gasteiger partial charge in [0.25, 0.3) is 0 Å². The topological polar surface area (TPSA) is 75.7 Å². The molecule has 0 bridgehead atoms. The highest BCUT2D eigenvalue weighted by molar-refractivity contribution is 7.92. The molecule has 0 aliphatic carbocycles. The van der Waals surface area contributed by atoms with Gasteiger partial charge in [-0.15, -0.1) is 0 Å². The lowest BCUT2D eigenvalue weighted by Crippen LogP contribution is -2.31. The Hall–Kier alpha value is -2.32. The highest BCUT2D eigenvalue weighted by atomic mass is 35.5. The predicted molar refractivity (Wildman–Crippen MR) is 104 cm³/mol. The van der Waals surface area contributed by atoms with Crippen LogP contribution < -0.4 is 14.4 Å². The van der Waals surface area contributed by atoms with Crippen molar-refractivity contribution in [3.63, 3.8) is 0 Å². The van der Waals surface area contributed by atoms with Gasteiger partial charge in [0.15, 0.2) is 0 Å². The lowest BCUT2D eigenvalue weighted by Gasteiger charge is -2.23. The lowest BCUT2D eigenvalue weighted by atomic mass is 10.2. The molecule has 0 unspecified atom stereocenters. The summed E-state index contributed by atoms with van der Waals surface area (Å²) in [5.74, 6) is -0.245. The zero-order valence-corrected chi connectivity index (χ0v) is 16.5. The first-order valence-electron chi connectivity index (χ1n) is 8.07. The van der Waals surface area contributed by atoms with Gasteiger partial charge < -0.3 is 10.1 Å². The van der Waals surface area contributed by atoms with Crippen LogP contribution in [-0.2, 0) is 14.8 Å². The molecule has 0 radical (unpaired) electrons. The van der Waals surface area contributed by atoms with Crippen LogP contribution in [0.2, 0.25) is 5.02 Å². The Morgan fingerprint density at radius 3 is 2.44 bits per heavy atom. The Morgan fingerprint density at radius 2 is 1.89 bits per heavy atom. The standard InChI is InChI=1S/C18H20ClFN2O4S/c1-26-17-10-9-15(12-16(17)19)22(27(2,24)25)11-3-4-18(23)21-14-7-5-13(20)6-8-14/h5-10,12H,3-4,11H2,1-2H3,(H,21,23). The average Bonchev–Trinajstić information content (AvgIpc) is 2.59. The van der Waals surface area contributed by atoms with E-state index in [1.807, 2.05) is 0 Å². The van der Waals surface area contributed by atoms with Crippen LogP contribution in [0.4, 0.5) is 15.8 Å². The molecular formula is C18H20ClFN2O4S. The first-order chi connectivity index (χ1) is 12.7. The number of sulfonamides is 1. The molecule has 2 aromatic rings. The van der Waals surface area contributed by atoms with E-state index in [9.17, 15) is 17.6 Å². The molecule has 0 saturated heterocycles. The van der Waals surface area contributed by atoms with Crippen LogP contribution in [0.1, 0.15) is 12.8 Å². The van der Waals surface area contributed by atoms with E-state index < -0.39 is 15.8 Å². The third kappa shape index (κ3) is 6.11. The van der Waals surface area contributed by atoms with Crippen molar-refractivity contribution in [3.8, 4) is 5.75 Å². The van der Waals surface area contributed by atoms with Crippen LogP contribution >= 0.6 is 11.6 Å². The van der Waals surface area contributed by atoms with Gasteiger partial charge in [-0.2, -0.15) is 0 Å². The van der Waals surface area contributed by atoms with Crippen LogP contribution in [0.15, 0.2) is 42.5 Å². The molecule has 0 aromatic heterocycles. The van der Waals surface area contributed by atoms with E-state index >= 15 is 0 Å². The van der Waals surface area contributed by atoms with Crippen molar-refractivity contribution in [2.24, 2.45) is 0 Å². The molecule has 1 N–H and O–H groups in total. The largest absolute Gasteiger partial charge is 0.495 e. The Morgan fingerprint density at radius 1 is 1.22 bits per heavy atom. The number of methoxy groups -OCH3 is 1. The first kappa shape index (κ1) is 21.0. The van der Waals surface area contributed by atoms with Gasteiger partial charge in [0, 0.05) is 18.7 Å². The Kier molecular flexibility index (Phi) is 7.04. The van der Waals surface area contributed by atoms with Crippen LogP contribution in [0, 0.1) is 5.82 Å². The lowest BCUT2D eigenvalue weighted by molar-refractivity contribution is -0.116. The molecule has 146 valence electrons. The molecule has 1 amide bonds. The third-order valence-electron chi connectivity index (χ3n) is 3.72. The van der Waals surface area contributed by atoms with Crippen molar-refractivity contribution in [1.29, 1.82) is 0 Å². The molecule has 2 rings (SSSR count). The molecule has 9 heteroatoms.